The van der Waals surface area contributed by atoms with Crippen molar-refractivity contribution in [3.05, 3.63) is 0 Å². The van der Waals surface area contributed by atoms with E-state index in [1.165, 1.54) is 6.42 Å². The van der Waals surface area contributed by atoms with E-state index in [-0.39, 0.29) is 0 Å². The second-order valence-corrected chi connectivity index (χ2v) is 5.02. The van der Waals surface area contributed by atoms with Crippen LogP contribution in [0.3, 0.4) is 0 Å². The van der Waals surface area contributed by atoms with Gasteiger partial charge in [-0.1, -0.05) is 20.3 Å². The van der Waals surface area contributed by atoms with Gasteiger partial charge >= 0.3 is 0 Å². The molecule has 4 nitrogen and oxygen atoms in total. The third-order valence-corrected chi connectivity index (χ3v) is 3.32. The highest BCUT2D eigenvalue weighted by molar-refractivity contribution is 4.64. The number of likely N-dealkylation sites (N-methyl/N-ethyl adjacent to an activating group) is 1. The van der Waals surface area contributed by atoms with Gasteiger partial charge in [-0.05, 0) is 26.8 Å². The maximum absolute atomic E-state index is 9.67. The quantitative estimate of drug-likeness (QED) is 0.522. The molecule has 0 aliphatic carbocycles. The Bertz CT molecular complexity index is 179. The molecule has 0 aromatic heterocycles. The van der Waals surface area contributed by atoms with Crippen LogP contribution >= 0.6 is 0 Å². The van der Waals surface area contributed by atoms with Crippen LogP contribution in [0.1, 0.15) is 40.0 Å². The Balaban J connectivity index is 3.37. The first-order valence-corrected chi connectivity index (χ1v) is 7.28. The molecule has 0 aromatic rings. The number of nitrogens with zero attached hydrogens (tertiary/aromatic N) is 1. The Morgan fingerprint density at radius 1 is 1.33 bits per heavy atom. The minimum absolute atomic E-state index is 0.393. The van der Waals surface area contributed by atoms with Crippen molar-refractivity contribution in [1.82, 2.24) is 10.2 Å². The average molecular weight is 260 g/mol. The van der Waals surface area contributed by atoms with Gasteiger partial charge in [-0.3, -0.25) is 0 Å². The minimum Gasteiger partial charge on any atom is -0.389 e. The first-order valence-electron chi connectivity index (χ1n) is 7.28. The first kappa shape index (κ1) is 17.8. The Labute approximate surface area is 113 Å². The monoisotopic (exact) mass is 260 g/mol. The molecule has 2 unspecified atom stereocenters. The molecular formula is C14H32N2O2. The molecule has 0 spiro atoms. The summed E-state index contributed by atoms with van der Waals surface area (Å²) in [6.45, 7) is 10.3. The molecule has 110 valence electrons. The Morgan fingerprint density at radius 3 is 2.67 bits per heavy atom. The second-order valence-electron chi connectivity index (χ2n) is 5.02. The first-order chi connectivity index (χ1) is 8.61. The second kappa shape index (κ2) is 11.9. The molecule has 2 N–H and O–H groups in total. The number of unbranched alkanes of at least 4 members (excludes halogenated alkanes) is 1. The van der Waals surface area contributed by atoms with Crippen LogP contribution in [0.5, 0.6) is 0 Å². The van der Waals surface area contributed by atoms with Gasteiger partial charge < -0.3 is 20.1 Å². The largest absolute Gasteiger partial charge is 0.389 e. The normalized spacial score (nSPS) is 15.0. The van der Waals surface area contributed by atoms with Crippen LogP contribution in [0.15, 0.2) is 0 Å². The summed E-state index contributed by atoms with van der Waals surface area (Å²) >= 11 is 0. The van der Waals surface area contributed by atoms with Crippen molar-refractivity contribution in [3.8, 4) is 0 Å². The summed E-state index contributed by atoms with van der Waals surface area (Å²) in [5, 5.41) is 12.9. The number of rotatable bonds is 12. The van der Waals surface area contributed by atoms with Gasteiger partial charge in [-0.2, -0.15) is 0 Å². The Morgan fingerprint density at radius 2 is 2.06 bits per heavy atom. The number of aliphatic hydroxyl groups is 1. The number of ether oxygens (including phenoxy) is 1. The van der Waals surface area contributed by atoms with E-state index in [2.05, 4.69) is 38.0 Å². The highest BCUT2D eigenvalue weighted by atomic mass is 16.5. The van der Waals surface area contributed by atoms with E-state index >= 15 is 0 Å². The maximum Gasteiger partial charge on any atom is 0.0897 e. The molecule has 0 saturated carbocycles. The van der Waals surface area contributed by atoms with E-state index in [4.69, 9.17) is 4.74 Å². The lowest BCUT2D eigenvalue weighted by atomic mass is 10.2. The molecule has 0 bridgehead atoms. The molecule has 4 heteroatoms. The maximum atomic E-state index is 9.67. The van der Waals surface area contributed by atoms with Crippen LogP contribution in [0.2, 0.25) is 0 Å². The molecule has 0 radical (unpaired) electrons. The molecule has 0 aromatic carbocycles. The fourth-order valence-electron chi connectivity index (χ4n) is 1.58. The Hall–Kier alpha value is -0.160. The van der Waals surface area contributed by atoms with Crippen molar-refractivity contribution in [2.75, 3.05) is 39.9 Å². The molecule has 0 fully saturated rings. The molecule has 18 heavy (non-hydrogen) atoms. The van der Waals surface area contributed by atoms with E-state index in [9.17, 15) is 5.11 Å². The van der Waals surface area contributed by atoms with Crippen LogP contribution in [0.4, 0.5) is 0 Å². The van der Waals surface area contributed by atoms with Crippen LogP contribution in [-0.4, -0.2) is 62.0 Å². The SMILES string of the molecule is CCCCOCC(O)CNCCN(C)C(C)CC. The average Bonchev–Trinajstić information content (AvgIpc) is 2.38. The fourth-order valence-corrected chi connectivity index (χ4v) is 1.58. The van der Waals surface area contributed by atoms with Gasteiger partial charge in [0.1, 0.15) is 0 Å². The number of hydrogen-bond donors (Lipinski definition) is 2. The van der Waals surface area contributed by atoms with Crippen molar-refractivity contribution in [1.29, 1.82) is 0 Å². The third kappa shape index (κ3) is 9.83. The summed E-state index contributed by atoms with van der Waals surface area (Å²) in [7, 11) is 2.14. The van der Waals surface area contributed by atoms with Gasteiger partial charge in [0.15, 0.2) is 0 Å². The molecule has 0 heterocycles. The van der Waals surface area contributed by atoms with Gasteiger partial charge in [0.2, 0.25) is 0 Å². The zero-order valence-electron chi connectivity index (χ0n) is 12.6. The molecule has 2 atom stereocenters. The molecular weight excluding hydrogens is 228 g/mol. The van der Waals surface area contributed by atoms with Gasteiger partial charge in [-0.25, -0.2) is 0 Å². The van der Waals surface area contributed by atoms with Gasteiger partial charge in [0.05, 0.1) is 12.7 Å². The van der Waals surface area contributed by atoms with Crippen molar-refractivity contribution in [2.45, 2.75) is 52.2 Å². The molecule has 0 saturated heterocycles. The summed E-state index contributed by atoms with van der Waals surface area (Å²) in [5.74, 6) is 0. The number of nitrogens with one attached hydrogen (secondary N) is 1. The minimum atomic E-state index is -0.393. The summed E-state index contributed by atoms with van der Waals surface area (Å²) < 4.78 is 5.37. The lowest BCUT2D eigenvalue weighted by molar-refractivity contribution is 0.0357. The summed E-state index contributed by atoms with van der Waals surface area (Å²) in [6.07, 6.45) is 2.98. The van der Waals surface area contributed by atoms with Gasteiger partial charge in [-0.15, -0.1) is 0 Å². The third-order valence-electron chi connectivity index (χ3n) is 3.32. The number of hydrogen-bond acceptors (Lipinski definition) is 4. The van der Waals surface area contributed by atoms with Crippen molar-refractivity contribution < 1.29 is 9.84 Å². The fraction of sp³-hybridized carbons (Fsp3) is 1.00. The van der Waals surface area contributed by atoms with Crippen LogP contribution in [-0.2, 0) is 4.74 Å². The Kier molecular flexibility index (Phi) is 11.8. The van der Waals surface area contributed by atoms with Gasteiger partial charge in [0.25, 0.3) is 0 Å². The zero-order chi connectivity index (χ0) is 13.8. The highest BCUT2D eigenvalue weighted by Crippen LogP contribution is 1.98. The predicted octanol–water partition coefficient (Wildman–Crippen LogP) is 1.48. The highest BCUT2D eigenvalue weighted by Gasteiger charge is 2.07. The van der Waals surface area contributed by atoms with Crippen molar-refractivity contribution >= 4 is 0 Å². The molecule has 0 rings (SSSR count). The summed E-state index contributed by atoms with van der Waals surface area (Å²) in [4.78, 5) is 2.33. The van der Waals surface area contributed by atoms with Gasteiger partial charge in [0, 0.05) is 32.3 Å². The van der Waals surface area contributed by atoms with E-state index < -0.39 is 6.10 Å². The van der Waals surface area contributed by atoms with Crippen LogP contribution in [0, 0.1) is 0 Å². The standard InChI is InChI=1S/C14H32N2O2/c1-5-7-10-18-12-14(17)11-15-8-9-16(4)13(3)6-2/h13-15,17H,5-12H2,1-4H3. The van der Waals surface area contributed by atoms with Crippen molar-refractivity contribution in [3.63, 3.8) is 0 Å². The molecule has 0 amide bonds. The topological polar surface area (TPSA) is 44.7 Å². The number of aliphatic hydroxyl groups excluding tert-OH is 1. The molecule has 0 aliphatic heterocycles. The smallest absolute Gasteiger partial charge is 0.0897 e. The lowest BCUT2D eigenvalue weighted by Crippen LogP contribution is -2.38. The van der Waals surface area contributed by atoms with E-state index in [1.54, 1.807) is 0 Å². The van der Waals surface area contributed by atoms with Crippen LogP contribution in [0.25, 0.3) is 0 Å². The summed E-state index contributed by atoms with van der Waals surface area (Å²) in [5.41, 5.74) is 0. The van der Waals surface area contributed by atoms with E-state index in [1.807, 2.05) is 0 Å². The van der Waals surface area contributed by atoms with Crippen molar-refractivity contribution in [2.24, 2.45) is 0 Å². The van der Waals surface area contributed by atoms with E-state index in [0.717, 1.165) is 32.5 Å². The lowest BCUT2D eigenvalue weighted by Gasteiger charge is -2.23. The predicted molar refractivity (Wildman–Crippen MR) is 77.0 cm³/mol. The zero-order valence-corrected chi connectivity index (χ0v) is 12.6. The summed E-state index contributed by atoms with van der Waals surface area (Å²) in [6, 6.07) is 0.620. The molecule has 0 aliphatic rings. The van der Waals surface area contributed by atoms with Crippen LogP contribution < -0.4 is 5.32 Å². The van der Waals surface area contributed by atoms with E-state index in [0.29, 0.717) is 19.2 Å².